The van der Waals surface area contributed by atoms with Crippen molar-refractivity contribution in [1.29, 1.82) is 0 Å². The van der Waals surface area contributed by atoms with E-state index < -0.39 is 0 Å². The molecule has 0 N–H and O–H groups in total. The van der Waals surface area contributed by atoms with Crippen molar-refractivity contribution >= 4 is 10.2 Å². The lowest BCUT2D eigenvalue weighted by Crippen LogP contribution is -1.77. The second-order valence-electron chi connectivity index (χ2n) is 2.77. The maximum absolute atomic E-state index is 2.27. The molecule has 0 bridgehead atoms. The number of rotatable bonds is 6. The van der Waals surface area contributed by atoms with E-state index in [2.05, 4.69) is 6.92 Å². The summed E-state index contributed by atoms with van der Waals surface area (Å²) in [6, 6.07) is 1.51. The minimum Gasteiger partial charge on any atom is -0.269 e. The Balaban J connectivity index is 0. The van der Waals surface area contributed by atoms with E-state index >= 15 is 0 Å². The maximum Gasteiger partial charge on any atom is 0.00279 e. The van der Waals surface area contributed by atoms with Gasteiger partial charge in [-0.25, -0.2) is 0 Å². The Kier molecular flexibility index (Phi) is 15.2. The van der Waals surface area contributed by atoms with E-state index in [1.807, 2.05) is 0 Å². The molecular weight excluding hydrogens is 143 g/mol. The highest BCUT2D eigenvalue weighted by Crippen LogP contribution is 2.05. The van der Waals surface area contributed by atoms with Crippen LogP contribution in [0.25, 0.3) is 0 Å². The predicted molar refractivity (Wildman–Crippen MR) is 50.6 cm³/mol. The number of hydrogen-bond acceptors (Lipinski definition) is 0. The number of hydrogen-bond donors (Lipinski definition) is 0. The summed E-state index contributed by atoms with van der Waals surface area (Å²) in [6.45, 7) is 2.27. The Morgan fingerprint density at radius 1 is 0.900 bits per heavy atom. The third-order valence-electron chi connectivity index (χ3n) is 1.71. The average molecular weight is 164 g/mol. The second kappa shape index (κ2) is 11.9. The molecule has 0 rings (SSSR count). The van der Waals surface area contributed by atoms with Crippen LogP contribution in [0.2, 0.25) is 6.04 Å². The number of unbranched alkanes of at least 4 members (excludes halogenated alkanes) is 5. The van der Waals surface area contributed by atoms with Crippen molar-refractivity contribution < 1.29 is 4.70 Å². The Morgan fingerprint density at radius 3 is 1.90 bits per heavy atom. The van der Waals surface area contributed by atoms with Crippen molar-refractivity contribution in [3.8, 4) is 0 Å². The van der Waals surface area contributed by atoms with E-state index in [4.69, 9.17) is 0 Å². The zero-order valence-electron chi connectivity index (χ0n) is 7.36. The largest absolute Gasteiger partial charge is 0.269 e. The lowest BCUT2D eigenvalue weighted by atomic mass is 10.1. The summed E-state index contributed by atoms with van der Waals surface area (Å²) in [5, 5.41) is 0. The molecule has 0 saturated carbocycles. The van der Waals surface area contributed by atoms with Gasteiger partial charge in [-0.1, -0.05) is 51.5 Å². The first-order chi connectivity index (χ1) is 4.41. The van der Waals surface area contributed by atoms with Crippen LogP contribution in [0.3, 0.4) is 0 Å². The molecule has 0 aliphatic heterocycles. The molecule has 10 heavy (non-hydrogen) atoms. The molecule has 0 fully saturated rings. The van der Waals surface area contributed by atoms with Gasteiger partial charge in [-0.15, -0.1) is 0 Å². The Bertz CT molecular complexity index is 42.5. The molecule has 0 aliphatic carbocycles. The van der Waals surface area contributed by atoms with Crippen molar-refractivity contribution in [2.24, 2.45) is 0 Å². The lowest BCUT2D eigenvalue weighted by Gasteiger charge is -1.96. The minimum absolute atomic E-state index is 0. The van der Waals surface area contributed by atoms with Gasteiger partial charge in [-0.05, 0) is 0 Å². The van der Waals surface area contributed by atoms with Gasteiger partial charge in [-0.3, -0.25) is 4.70 Å². The van der Waals surface area contributed by atoms with Gasteiger partial charge in [-0.2, -0.15) is 0 Å². The second-order valence-corrected chi connectivity index (χ2v) is 3.77. The van der Waals surface area contributed by atoms with Crippen molar-refractivity contribution in [3.63, 3.8) is 0 Å². The van der Waals surface area contributed by atoms with Gasteiger partial charge in [0.1, 0.15) is 0 Å². The Morgan fingerprint density at radius 2 is 1.40 bits per heavy atom. The summed E-state index contributed by atoms with van der Waals surface area (Å²) in [7, 11) is 1.41. The molecule has 0 aromatic carbocycles. The van der Waals surface area contributed by atoms with Crippen molar-refractivity contribution in [2.75, 3.05) is 0 Å². The molecule has 0 aliphatic rings. The van der Waals surface area contributed by atoms with Crippen molar-refractivity contribution in [1.82, 2.24) is 0 Å². The smallest absolute Gasteiger partial charge is 0.00279 e. The summed E-state index contributed by atoms with van der Waals surface area (Å²) in [6.07, 6.45) is 8.76. The van der Waals surface area contributed by atoms with Gasteiger partial charge >= 0.3 is 0 Å². The lowest BCUT2D eigenvalue weighted by molar-refractivity contribution is 0.624. The SMILES string of the molecule is CCCCCCCC[SiH3].F. The first-order valence-corrected chi connectivity index (χ1v) is 5.83. The van der Waals surface area contributed by atoms with E-state index in [9.17, 15) is 0 Å². The molecule has 64 valence electrons. The van der Waals surface area contributed by atoms with Crippen LogP contribution in [0.5, 0.6) is 0 Å². The standard InChI is InChI=1S/C8H20Si.FH/c1-2-3-4-5-6-7-8-9;/h2-8H2,1,9H3;1H. The molecule has 0 amide bonds. The molecule has 0 heterocycles. The van der Waals surface area contributed by atoms with Gasteiger partial charge in [0.15, 0.2) is 0 Å². The topological polar surface area (TPSA) is 0 Å². The highest BCUT2D eigenvalue weighted by molar-refractivity contribution is 6.08. The molecule has 0 spiro atoms. The van der Waals surface area contributed by atoms with Gasteiger partial charge in [0.25, 0.3) is 0 Å². The first-order valence-electron chi connectivity index (χ1n) is 4.41. The summed E-state index contributed by atoms with van der Waals surface area (Å²) in [4.78, 5) is 0. The molecule has 0 saturated heterocycles. The van der Waals surface area contributed by atoms with E-state index in [0.717, 1.165) is 0 Å². The third-order valence-corrected chi connectivity index (χ3v) is 2.41. The van der Waals surface area contributed by atoms with E-state index in [-0.39, 0.29) is 4.70 Å². The summed E-state index contributed by atoms with van der Waals surface area (Å²) in [5.41, 5.74) is 0. The van der Waals surface area contributed by atoms with Crippen LogP contribution < -0.4 is 0 Å². The fourth-order valence-electron chi connectivity index (χ4n) is 1.03. The Labute approximate surface area is 67.2 Å². The number of halogens is 1. The quantitative estimate of drug-likeness (QED) is 0.417. The van der Waals surface area contributed by atoms with Gasteiger partial charge < -0.3 is 0 Å². The van der Waals surface area contributed by atoms with E-state index in [1.54, 1.807) is 0 Å². The van der Waals surface area contributed by atoms with Gasteiger partial charge in [0, 0.05) is 10.2 Å². The first kappa shape index (κ1) is 12.8. The van der Waals surface area contributed by atoms with Crippen molar-refractivity contribution in [2.45, 2.75) is 51.5 Å². The zero-order chi connectivity index (χ0) is 6.95. The average Bonchev–Trinajstić information content (AvgIpc) is 1.89. The van der Waals surface area contributed by atoms with Crippen LogP contribution in [-0.4, -0.2) is 10.2 Å². The molecule has 0 aromatic heterocycles. The molecular formula is C8H21FSi. The van der Waals surface area contributed by atoms with E-state index in [1.165, 1.54) is 54.8 Å². The van der Waals surface area contributed by atoms with Crippen LogP contribution >= 0.6 is 0 Å². The van der Waals surface area contributed by atoms with Crippen LogP contribution in [0.15, 0.2) is 0 Å². The van der Waals surface area contributed by atoms with Gasteiger partial charge in [0.2, 0.25) is 0 Å². The normalized spacial score (nSPS) is 9.30. The fraction of sp³-hybridized carbons (Fsp3) is 1.00. The van der Waals surface area contributed by atoms with Crippen LogP contribution in [0.4, 0.5) is 4.70 Å². The summed E-state index contributed by atoms with van der Waals surface area (Å²) >= 11 is 0. The van der Waals surface area contributed by atoms with Crippen LogP contribution in [0, 0.1) is 0 Å². The third kappa shape index (κ3) is 11.0. The molecule has 0 atom stereocenters. The summed E-state index contributed by atoms with van der Waals surface area (Å²) in [5.74, 6) is 0. The minimum atomic E-state index is 0. The zero-order valence-corrected chi connectivity index (χ0v) is 9.36. The van der Waals surface area contributed by atoms with Crippen LogP contribution in [0.1, 0.15) is 45.4 Å². The molecule has 0 nitrogen and oxygen atoms in total. The Hall–Kier alpha value is 0.147. The summed E-state index contributed by atoms with van der Waals surface area (Å²) < 4.78 is 0. The molecule has 0 radical (unpaired) electrons. The van der Waals surface area contributed by atoms with E-state index in [0.29, 0.717) is 0 Å². The fourth-order valence-corrected chi connectivity index (χ4v) is 1.53. The van der Waals surface area contributed by atoms with Crippen molar-refractivity contribution in [3.05, 3.63) is 0 Å². The monoisotopic (exact) mass is 164 g/mol. The highest BCUT2D eigenvalue weighted by atomic mass is 28.1. The predicted octanol–water partition coefficient (Wildman–Crippen LogP) is 2.28. The maximum atomic E-state index is 2.27. The molecule has 2 heteroatoms. The molecule has 0 unspecified atom stereocenters. The van der Waals surface area contributed by atoms with Crippen LogP contribution in [-0.2, 0) is 0 Å². The molecule has 0 aromatic rings. The highest BCUT2D eigenvalue weighted by Gasteiger charge is 1.85. The van der Waals surface area contributed by atoms with Gasteiger partial charge in [0.05, 0.1) is 0 Å².